The molecule has 0 fully saturated rings. The third kappa shape index (κ3) is 5.94. The van der Waals surface area contributed by atoms with E-state index in [0.29, 0.717) is 29.6 Å². The lowest BCUT2D eigenvalue weighted by Crippen LogP contribution is -2.33. The number of halogens is 1. The molecule has 3 N–H and O–H groups in total. The van der Waals surface area contributed by atoms with Crippen molar-refractivity contribution in [2.24, 2.45) is 5.92 Å². The number of hydrogen-bond acceptors (Lipinski definition) is 2. The van der Waals surface area contributed by atoms with Gasteiger partial charge in [0, 0.05) is 13.2 Å². The van der Waals surface area contributed by atoms with Gasteiger partial charge in [0.15, 0.2) is 0 Å². The van der Waals surface area contributed by atoms with E-state index in [4.69, 9.17) is 16.7 Å². The highest BCUT2D eigenvalue weighted by molar-refractivity contribution is 6.33. The summed E-state index contributed by atoms with van der Waals surface area (Å²) < 4.78 is 0. The highest BCUT2D eigenvalue weighted by Gasteiger charge is 2.10. The van der Waals surface area contributed by atoms with Crippen LogP contribution in [0.3, 0.4) is 0 Å². The molecule has 1 aromatic rings. The maximum Gasteiger partial charge on any atom is 0.319 e. The maximum absolute atomic E-state index is 11.7. The number of carbonyl (C=O) groups excluding carboxylic acids is 1. The molecule has 1 rings (SSSR count). The number of carbonyl (C=O) groups is 1. The molecule has 0 aliphatic rings. The Labute approximate surface area is 119 Å². The van der Waals surface area contributed by atoms with Crippen LogP contribution < -0.4 is 10.6 Å². The fourth-order valence-corrected chi connectivity index (χ4v) is 2.09. The summed E-state index contributed by atoms with van der Waals surface area (Å²) in [6.45, 7) is 2.80. The lowest BCUT2D eigenvalue weighted by Gasteiger charge is -2.16. The molecular formula is C14H21ClN2O2. The van der Waals surface area contributed by atoms with Gasteiger partial charge in [-0.1, -0.05) is 37.1 Å². The number of rotatable bonds is 7. The molecule has 0 spiro atoms. The molecule has 19 heavy (non-hydrogen) atoms. The van der Waals surface area contributed by atoms with Crippen LogP contribution in [0, 0.1) is 5.92 Å². The van der Waals surface area contributed by atoms with Gasteiger partial charge in [0.05, 0.1) is 10.7 Å². The number of nitrogens with one attached hydrogen (secondary N) is 2. The van der Waals surface area contributed by atoms with Crippen LogP contribution in [0.5, 0.6) is 0 Å². The van der Waals surface area contributed by atoms with Crippen LogP contribution in [0.4, 0.5) is 10.5 Å². The van der Waals surface area contributed by atoms with Gasteiger partial charge < -0.3 is 15.7 Å². The van der Waals surface area contributed by atoms with E-state index in [9.17, 15) is 4.79 Å². The topological polar surface area (TPSA) is 61.4 Å². The Kier molecular flexibility index (Phi) is 7.30. The summed E-state index contributed by atoms with van der Waals surface area (Å²) in [5.74, 6) is 0.312. The predicted octanol–water partition coefficient (Wildman–Crippen LogP) is 3.26. The predicted molar refractivity (Wildman–Crippen MR) is 78.6 cm³/mol. The van der Waals surface area contributed by atoms with Crippen molar-refractivity contribution >= 4 is 23.3 Å². The molecule has 0 heterocycles. The van der Waals surface area contributed by atoms with Gasteiger partial charge in [-0.2, -0.15) is 0 Å². The average molecular weight is 285 g/mol. The standard InChI is InChI=1S/C14H21ClN2O2/c1-2-5-11(8-9-18)10-16-14(19)17-13-7-4-3-6-12(13)15/h3-4,6-7,11,18H,2,5,8-10H2,1H3,(H2,16,17,19). The summed E-state index contributed by atoms with van der Waals surface area (Å²) in [5.41, 5.74) is 0.593. The lowest BCUT2D eigenvalue weighted by atomic mass is 10.0. The van der Waals surface area contributed by atoms with Gasteiger partial charge >= 0.3 is 6.03 Å². The van der Waals surface area contributed by atoms with E-state index in [2.05, 4.69) is 17.6 Å². The second-order valence-electron chi connectivity index (χ2n) is 4.48. The van der Waals surface area contributed by atoms with Gasteiger partial charge in [0.2, 0.25) is 0 Å². The molecule has 5 heteroatoms. The van der Waals surface area contributed by atoms with Crippen LogP contribution in [0.1, 0.15) is 26.2 Å². The van der Waals surface area contributed by atoms with Crippen molar-refractivity contribution in [3.8, 4) is 0 Å². The van der Waals surface area contributed by atoms with Gasteiger partial charge in [-0.05, 0) is 30.9 Å². The first-order chi connectivity index (χ1) is 9.17. The van der Waals surface area contributed by atoms with Gasteiger partial charge in [-0.3, -0.25) is 0 Å². The third-order valence-electron chi connectivity index (χ3n) is 2.91. The summed E-state index contributed by atoms with van der Waals surface area (Å²) in [6.07, 6.45) is 2.74. The van der Waals surface area contributed by atoms with Crippen molar-refractivity contribution in [1.29, 1.82) is 0 Å². The number of anilines is 1. The molecule has 0 radical (unpaired) electrons. The first-order valence-corrected chi connectivity index (χ1v) is 6.95. The number of para-hydroxylation sites is 1. The van der Waals surface area contributed by atoms with Crippen LogP contribution in [0.25, 0.3) is 0 Å². The van der Waals surface area contributed by atoms with E-state index in [-0.39, 0.29) is 12.6 Å². The SMILES string of the molecule is CCCC(CCO)CNC(=O)Nc1ccccc1Cl. The average Bonchev–Trinajstić information content (AvgIpc) is 2.39. The molecular weight excluding hydrogens is 264 g/mol. The Morgan fingerprint density at radius 1 is 1.37 bits per heavy atom. The third-order valence-corrected chi connectivity index (χ3v) is 3.24. The maximum atomic E-state index is 11.7. The Morgan fingerprint density at radius 3 is 2.74 bits per heavy atom. The van der Waals surface area contributed by atoms with Gasteiger partial charge in [0.1, 0.15) is 0 Å². The zero-order valence-electron chi connectivity index (χ0n) is 11.2. The fraction of sp³-hybridized carbons (Fsp3) is 0.500. The molecule has 1 atom stereocenters. The summed E-state index contributed by atoms with van der Waals surface area (Å²) in [5, 5.41) is 15.0. The van der Waals surface area contributed by atoms with Gasteiger partial charge in [-0.15, -0.1) is 0 Å². The van der Waals surface area contributed by atoms with Crippen LogP contribution in [0.15, 0.2) is 24.3 Å². The van der Waals surface area contributed by atoms with Crippen molar-refractivity contribution in [3.63, 3.8) is 0 Å². The normalized spacial score (nSPS) is 11.9. The van der Waals surface area contributed by atoms with Crippen molar-refractivity contribution in [1.82, 2.24) is 5.32 Å². The van der Waals surface area contributed by atoms with Gasteiger partial charge in [0.25, 0.3) is 0 Å². The second-order valence-corrected chi connectivity index (χ2v) is 4.89. The molecule has 1 unspecified atom stereocenters. The smallest absolute Gasteiger partial charge is 0.319 e. The Hall–Kier alpha value is -1.26. The van der Waals surface area contributed by atoms with E-state index in [1.807, 2.05) is 12.1 Å². The van der Waals surface area contributed by atoms with E-state index >= 15 is 0 Å². The molecule has 0 bridgehead atoms. The highest BCUT2D eigenvalue weighted by Crippen LogP contribution is 2.20. The van der Waals surface area contributed by atoms with Crippen LogP contribution in [-0.2, 0) is 0 Å². The molecule has 4 nitrogen and oxygen atoms in total. The number of benzene rings is 1. The van der Waals surface area contributed by atoms with Crippen molar-refractivity contribution in [2.45, 2.75) is 26.2 Å². The first kappa shape index (κ1) is 15.8. The van der Waals surface area contributed by atoms with E-state index < -0.39 is 0 Å². The van der Waals surface area contributed by atoms with Crippen LogP contribution in [-0.4, -0.2) is 24.3 Å². The minimum Gasteiger partial charge on any atom is -0.396 e. The highest BCUT2D eigenvalue weighted by atomic mass is 35.5. The number of urea groups is 1. The zero-order valence-corrected chi connectivity index (χ0v) is 11.9. The largest absolute Gasteiger partial charge is 0.396 e. The number of aliphatic hydroxyl groups excluding tert-OH is 1. The molecule has 0 saturated carbocycles. The number of amides is 2. The zero-order chi connectivity index (χ0) is 14.1. The molecule has 0 saturated heterocycles. The monoisotopic (exact) mass is 284 g/mol. The van der Waals surface area contributed by atoms with Crippen LogP contribution >= 0.6 is 11.6 Å². The van der Waals surface area contributed by atoms with Crippen molar-refractivity contribution in [3.05, 3.63) is 29.3 Å². The van der Waals surface area contributed by atoms with E-state index in [1.165, 1.54) is 0 Å². The summed E-state index contributed by atoms with van der Waals surface area (Å²) in [6, 6.07) is 6.83. The van der Waals surface area contributed by atoms with E-state index in [1.54, 1.807) is 12.1 Å². The molecule has 0 aliphatic heterocycles. The molecule has 2 amide bonds. The molecule has 0 aliphatic carbocycles. The quantitative estimate of drug-likeness (QED) is 0.720. The first-order valence-electron chi connectivity index (χ1n) is 6.57. The Morgan fingerprint density at radius 2 is 2.11 bits per heavy atom. The minimum absolute atomic E-state index is 0.151. The summed E-state index contributed by atoms with van der Waals surface area (Å²) in [4.78, 5) is 11.7. The number of hydrogen-bond donors (Lipinski definition) is 3. The van der Waals surface area contributed by atoms with Crippen molar-refractivity contribution in [2.75, 3.05) is 18.5 Å². The van der Waals surface area contributed by atoms with Crippen molar-refractivity contribution < 1.29 is 9.90 Å². The van der Waals surface area contributed by atoms with Crippen LogP contribution in [0.2, 0.25) is 5.02 Å². The Bertz CT molecular complexity index is 393. The fourth-order valence-electron chi connectivity index (χ4n) is 1.91. The number of aliphatic hydroxyl groups is 1. The molecule has 0 aromatic heterocycles. The summed E-state index contributed by atoms with van der Waals surface area (Å²) in [7, 11) is 0. The Balaban J connectivity index is 2.40. The minimum atomic E-state index is -0.271. The lowest BCUT2D eigenvalue weighted by molar-refractivity contribution is 0.237. The molecule has 106 valence electrons. The molecule has 1 aromatic carbocycles. The summed E-state index contributed by atoms with van der Waals surface area (Å²) >= 11 is 5.95. The van der Waals surface area contributed by atoms with Gasteiger partial charge in [-0.25, -0.2) is 4.79 Å². The second kappa shape index (κ2) is 8.77. The van der Waals surface area contributed by atoms with E-state index in [0.717, 1.165) is 12.8 Å².